The van der Waals surface area contributed by atoms with Crippen molar-refractivity contribution in [3.63, 3.8) is 0 Å². The summed E-state index contributed by atoms with van der Waals surface area (Å²) >= 11 is 0. The number of halogens is 1. The third-order valence-corrected chi connectivity index (χ3v) is 4.63. The average Bonchev–Trinajstić information content (AvgIpc) is 2.26. The predicted molar refractivity (Wildman–Crippen MR) is 62.6 cm³/mol. The first-order valence-electron chi connectivity index (χ1n) is 5.15. The standard InChI is InChI=1S/C11H16FNO3S/c1-8-4-5-11(10(12)6-8)17(15,16)13(3)9(2)7-14/h4-6,9,14H,7H2,1-3H3. The summed E-state index contributed by atoms with van der Waals surface area (Å²) in [5, 5.41) is 8.93. The van der Waals surface area contributed by atoms with Gasteiger partial charge in [-0.3, -0.25) is 0 Å². The van der Waals surface area contributed by atoms with E-state index >= 15 is 0 Å². The number of hydrogen-bond acceptors (Lipinski definition) is 3. The highest BCUT2D eigenvalue weighted by Gasteiger charge is 2.27. The van der Waals surface area contributed by atoms with Gasteiger partial charge in [0.25, 0.3) is 0 Å². The monoisotopic (exact) mass is 261 g/mol. The Morgan fingerprint density at radius 2 is 2.06 bits per heavy atom. The normalized spacial score (nSPS) is 14.0. The molecule has 0 aliphatic heterocycles. The summed E-state index contributed by atoms with van der Waals surface area (Å²) in [7, 11) is -2.58. The zero-order chi connectivity index (χ0) is 13.2. The highest BCUT2D eigenvalue weighted by Crippen LogP contribution is 2.20. The fraction of sp³-hybridized carbons (Fsp3) is 0.455. The molecule has 1 unspecified atom stereocenters. The molecule has 0 saturated heterocycles. The Hall–Kier alpha value is -0.980. The van der Waals surface area contributed by atoms with Crippen LogP contribution in [0.25, 0.3) is 0 Å². The second-order valence-corrected chi connectivity index (χ2v) is 5.95. The minimum Gasteiger partial charge on any atom is -0.395 e. The fourth-order valence-electron chi connectivity index (χ4n) is 1.32. The molecule has 0 saturated carbocycles. The molecular formula is C11H16FNO3S. The van der Waals surface area contributed by atoms with Gasteiger partial charge < -0.3 is 5.11 Å². The first-order valence-corrected chi connectivity index (χ1v) is 6.59. The van der Waals surface area contributed by atoms with Gasteiger partial charge in [0, 0.05) is 13.1 Å². The van der Waals surface area contributed by atoms with Gasteiger partial charge in [0.1, 0.15) is 10.7 Å². The first-order chi connectivity index (χ1) is 7.80. The Morgan fingerprint density at radius 3 is 2.53 bits per heavy atom. The smallest absolute Gasteiger partial charge is 0.246 e. The summed E-state index contributed by atoms with van der Waals surface area (Å²) in [5.41, 5.74) is 0.652. The Kier molecular flexibility index (Phi) is 4.24. The molecule has 1 rings (SSSR count). The van der Waals surface area contributed by atoms with Crippen molar-refractivity contribution >= 4 is 10.0 Å². The number of nitrogens with zero attached hydrogens (tertiary/aromatic N) is 1. The van der Waals surface area contributed by atoms with Gasteiger partial charge in [0.2, 0.25) is 10.0 Å². The molecule has 4 nitrogen and oxygen atoms in total. The number of rotatable bonds is 4. The van der Waals surface area contributed by atoms with Gasteiger partial charge in [-0.25, -0.2) is 12.8 Å². The summed E-state index contributed by atoms with van der Waals surface area (Å²) in [4.78, 5) is -0.370. The first kappa shape index (κ1) is 14.1. The molecule has 0 spiro atoms. The molecule has 0 radical (unpaired) electrons. The second-order valence-electron chi connectivity index (χ2n) is 3.99. The number of aryl methyl sites for hydroxylation is 1. The largest absolute Gasteiger partial charge is 0.395 e. The van der Waals surface area contributed by atoms with E-state index in [1.807, 2.05) is 0 Å². The summed E-state index contributed by atoms with van der Waals surface area (Å²) < 4.78 is 38.6. The van der Waals surface area contributed by atoms with Crippen molar-refractivity contribution < 1.29 is 17.9 Å². The zero-order valence-corrected chi connectivity index (χ0v) is 10.8. The Morgan fingerprint density at radius 1 is 1.47 bits per heavy atom. The lowest BCUT2D eigenvalue weighted by atomic mass is 10.2. The van der Waals surface area contributed by atoms with Gasteiger partial charge in [0.15, 0.2) is 0 Å². The van der Waals surface area contributed by atoms with Crippen LogP contribution in [0.15, 0.2) is 23.1 Å². The van der Waals surface area contributed by atoms with E-state index in [9.17, 15) is 12.8 Å². The number of likely N-dealkylation sites (N-methyl/N-ethyl adjacent to an activating group) is 1. The molecule has 1 atom stereocenters. The van der Waals surface area contributed by atoms with Crippen molar-refractivity contribution in [2.75, 3.05) is 13.7 Å². The Labute approximate surface area is 101 Å². The summed E-state index contributed by atoms with van der Waals surface area (Å²) in [5.74, 6) is -0.776. The van der Waals surface area contributed by atoms with Gasteiger partial charge in [-0.15, -0.1) is 0 Å². The van der Waals surface area contributed by atoms with Crippen LogP contribution < -0.4 is 0 Å². The molecule has 96 valence electrons. The van der Waals surface area contributed by atoms with Crippen LogP contribution in [0, 0.1) is 12.7 Å². The highest BCUT2D eigenvalue weighted by molar-refractivity contribution is 7.89. The van der Waals surface area contributed by atoms with E-state index < -0.39 is 21.9 Å². The van der Waals surface area contributed by atoms with E-state index in [0.717, 1.165) is 4.31 Å². The number of aliphatic hydroxyl groups excluding tert-OH is 1. The summed E-state index contributed by atoms with van der Waals surface area (Å²) in [6, 6.07) is 3.35. The molecule has 1 N–H and O–H groups in total. The Bertz CT molecular complexity index is 501. The van der Waals surface area contributed by atoms with E-state index in [2.05, 4.69) is 0 Å². The molecular weight excluding hydrogens is 245 g/mol. The van der Waals surface area contributed by atoms with Crippen LogP contribution in [0.5, 0.6) is 0 Å². The van der Waals surface area contributed by atoms with Crippen molar-refractivity contribution in [1.82, 2.24) is 4.31 Å². The molecule has 0 heterocycles. The molecule has 1 aromatic rings. The van der Waals surface area contributed by atoms with E-state index in [1.54, 1.807) is 13.8 Å². The van der Waals surface area contributed by atoms with Crippen molar-refractivity contribution in [3.8, 4) is 0 Å². The van der Waals surface area contributed by atoms with Gasteiger partial charge >= 0.3 is 0 Å². The third-order valence-electron chi connectivity index (χ3n) is 2.63. The van der Waals surface area contributed by atoms with Gasteiger partial charge in [-0.1, -0.05) is 6.07 Å². The van der Waals surface area contributed by atoms with Crippen LogP contribution in [0.2, 0.25) is 0 Å². The summed E-state index contributed by atoms with van der Waals surface area (Å²) in [6.07, 6.45) is 0. The molecule has 0 bridgehead atoms. The van der Waals surface area contributed by atoms with E-state index in [4.69, 9.17) is 5.11 Å². The van der Waals surface area contributed by atoms with Crippen LogP contribution in [-0.4, -0.2) is 37.5 Å². The van der Waals surface area contributed by atoms with E-state index in [-0.39, 0.29) is 11.5 Å². The maximum absolute atomic E-state index is 13.6. The predicted octanol–water partition coefficient (Wildman–Crippen LogP) is 1.14. The van der Waals surface area contributed by atoms with Crippen LogP contribution in [0.4, 0.5) is 4.39 Å². The lowest BCUT2D eigenvalue weighted by Gasteiger charge is -2.22. The minimum absolute atomic E-state index is 0.316. The lowest BCUT2D eigenvalue weighted by molar-refractivity contribution is 0.213. The zero-order valence-electron chi connectivity index (χ0n) is 10.0. The molecule has 1 aromatic carbocycles. The van der Waals surface area contributed by atoms with Crippen molar-refractivity contribution in [2.24, 2.45) is 0 Å². The fourth-order valence-corrected chi connectivity index (χ4v) is 2.72. The number of sulfonamides is 1. The van der Waals surface area contributed by atoms with Gasteiger partial charge in [-0.05, 0) is 31.5 Å². The molecule has 0 fully saturated rings. The molecule has 17 heavy (non-hydrogen) atoms. The van der Waals surface area contributed by atoms with Crippen LogP contribution in [0.3, 0.4) is 0 Å². The number of benzene rings is 1. The maximum Gasteiger partial charge on any atom is 0.246 e. The molecule has 0 aliphatic carbocycles. The molecule has 0 aromatic heterocycles. The van der Waals surface area contributed by atoms with E-state index in [0.29, 0.717) is 5.56 Å². The second kappa shape index (κ2) is 5.12. The molecule has 0 aliphatic rings. The van der Waals surface area contributed by atoms with Gasteiger partial charge in [0.05, 0.1) is 6.61 Å². The highest BCUT2D eigenvalue weighted by atomic mass is 32.2. The summed E-state index contributed by atoms with van der Waals surface area (Å²) in [6.45, 7) is 2.91. The Balaban J connectivity index is 3.22. The molecule has 6 heteroatoms. The van der Waals surface area contributed by atoms with Crippen LogP contribution >= 0.6 is 0 Å². The number of aliphatic hydroxyl groups is 1. The van der Waals surface area contributed by atoms with Crippen molar-refractivity contribution in [2.45, 2.75) is 24.8 Å². The quantitative estimate of drug-likeness (QED) is 0.884. The van der Waals surface area contributed by atoms with Crippen molar-refractivity contribution in [1.29, 1.82) is 0 Å². The third kappa shape index (κ3) is 2.83. The average molecular weight is 261 g/mol. The van der Waals surface area contributed by atoms with Crippen LogP contribution in [-0.2, 0) is 10.0 Å². The topological polar surface area (TPSA) is 57.6 Å². The number of hydrogen-bond donors (Lipinski definition) is 1. The van der Waals surface area contributed by atoms with E-state index in [1.165, 1.54) is 25.2 Å². The van der Waals surface area contributed by atoms with Crippen molar-refractivity contribution in [3.05, 3.63) is 29.6 Å². The van der Waals surface area contributed by atoms with Crippen LogP contribution in [0.1, 0.15) is 12.5 Å². The minimum atomic E-state index is -3.90. The molecule has 0 amide bonds. The maximum atomic E-state index is 13.6. The lowest BCUT2D eigenvalue weighted by Crippen LogP contribution is -2.37. The van der Waals surface area contributed by atoms with Gasteiger partial charge in [-0.2, -0.15) is 4.31 Å². The SMILES string of the molecule is Cc1ccc(S(=O)(=O)N(C)C(C)CO)c(F)c1.